The van der Waals surface area contributed by atoms with Crippen molar-refractivity contribution in [2.75, 3.05) is 5.32 Å². The van der Waals surface area contributed by atoms with E-state index in [0.29, 0.717) is 11.0 Å². The smallest absolute Gasteiger partial charge is 0.388 e. The topological polar surface area (TPSA) is 62.2 Å². The third kappa shape index (κ3) is 5.56. The van der Waals surface area contributed by atoms with Gasteiger partial charge in [-0.25, -0.2) is 4.98 Å². The van der Waals surface area contributed by atoms with E-state index in [1.54, 1.807) is 6.92 Å². The number of aliphatic hydroxyl groups is 1. The van der Waals surface area contributed by atoms with Crippen LogP contribution in [0, 0.1) is 0 Å². The highest BCUT2D eigenvalue weighted by Crippen LogP contribution is 2.35. The molecule has 1 unspecified atom stereocenters. The first-order chi connectivity index (χ1) is 10.6. The van der Waals surface area contributed by atoms with Gasteiger partial charge in [-0.1, -0.05) is 36.0 Å². The first-order valence-electron chi connectivity index (χ1n) is 6.31. The summed E-state index contributed by atoms with van der Waals surface area (Å²) in [5.74, 6) is -0.948. The van der Waals surface area contributed by atoms with Crippen LogP contribution in [0.4, 0.5) is 19.0 Å². The van der Waals surface area contributed by atoms with Gasteiger partial charge in [0.1, 0.15) is 5.82 Å². The normalized spacial score (nSPS) is 13.6. The lowest BCUT2D eigenvalue weighted by Crippen LogP contribution is -2.16. The number of halogens is 4. The van der Waals surface area contributed by atoms with Gasteiger partial charge in [0.15, 0.2) is 0 Å². The molecule has 1 rings (SSSR count). The number of thioether (sulfide) groups is 1. The van der Waals surface area contributed by atoms with Crippen molar-refractivity contribution in [2.45, 2.75) is 26.1 Å². The van der Waals surface area contributed by atoms with Gasteiger partial charge in [0.05, 0.1) is 21.6 Å². The van der Waals surface area contributed by atoms with Gasteiger partial charge in [-0.2, -0.15) is 13.2 Å². The van der Waals surface area contributed by atoms with Gasteiger partial charge >= 0.3 is 6.18 Å². The molecule has 9 heteroatoms. The van der Waals surface area contributed by atoms with Crippen molar-refractivity contribution in [3.8, 4) is 0 Å². The number of aromatic nitrogens is 1. The van der Waals surface area contributed by atoms with E-state index in [1.807, 2.05) is 0 Å². The van der Waals surface area contributed by atoms with E-state index in [2.05, 4.69) is 16.9 Å². The van der Waals surface area contributed by atoms with Crippen LogP contribution in [0.3, 0.4) is 0 Å². The zero-order chi connectivity index (χ0) is 17.8. The van der Waals surface area contributed by atoms with Gasteiger partial charge < -0.3 is 10.4 Å². The van der Waals surface area contributed by atoms with Crippen molar-refractivity contribution in [3.63, 3.8) is 0 Å². The lowest BCUT2D eigenvalue weighted by Gasteiger charge is -2.13. The molecule has 0 aliphatic carbocycles. The summed E-state index contributed by atoms with van der Waals surface area (Å²) in [6.45, 7) is 6.66. The number of nitrogens with one attached hydrogen (secondary N) is 1. The van der Waals surface area contributed by atoms with E-state index in [0.717, 1.165) is 18.0 Å². The van der Waals surface area contributed by atoms with Gasteiger partial charge in [-0.15, -0.1) is 0 Å². The van der Waals surface area contributed by atoms with Crippen LogP contribution in [-0.2, 0) is 11.0 Å². The van der Waals surface area contributed by atoms with Crippen molar-refractivity contribution < 1.29 is 23.1 Å². The number of pyridine rings is 1. The van der Waals surface area contributed by atoms with E-state index >= 15 is 0 Å². The maximum atomic E-state index is 12.8. The third-order valence-electron chi connectivity index (χ3n) is 2.60. The Labute approximate surface area is 140 Å². The molecule has 0 saturated carbocycles. The molecule has 126 valence electrons. The monoisotopic (exact) mass is 366 g/mol. The fourth-order valence-corrected chi connectivity index (χ4v) is 2.29. The average molecular weight is 367 g/mol. The van der Waals surface area contributed by atoms with E-state index < -0.39 is 28.8 Å². The zero-order valence-electron chi connectivity index (χ0n) is 12.2. The predicted octanol–water partition coefficient (Wildman–Crippen LogP) is 4.22. The Morgan fingerprint density at radius 1 is 1.57 bits per heavy atom. The second kappa shape index (κ2) is 7.85. The Balaban J connectivity index is 2.95. The van der Waals surface area contributed by atoms with Crippen LogP contribution in [0.15, 0.2) is 34.7 Å². The summed E-state index contributed by atoms with van der Waals surface area (Å²) in [6, 6.07) is 0.654. The van der Waals surface area contributed by atoms with Crippen molar-refractivity contribution in [1.82, 2.24) is 4.98 Å². The van der Waals surface area contributed by atoms with Crippen LogP contribution >= 0.6 is 23.4 Å². The van der Waals surface area contributed by atoms with Crippen molar-refractivity contribution in [2.24, 2.45) is 0 Å². The van der Waals surface area contributed by atoms with Crippen molar-refractivity contribution in [3.05, 3.63) is 45.3 Å². The fourth-order valence-electron chi connectivity index (χ4n) is 1.37. The Kier molecular flexibility index (Phi) is 6.67. The Morgan fingerprint density at radius 2 is 2.17 bits per heavy atom. The Hall–Kier alpha value is -1.51. The molecule has 0 aliphatic heterocycles. The van der Waals surface area contributed by atoms with Crippen LogP contribution in [0.25, 0.3) is 0 Å². The highest BCUT2D eigenvalue weighted by Gasteiger charge is 2.34. The Morgan fingerprint density at radius 3 is 2.65 bits per heavy atom. The van der Waals surface area contributed by atoms with Gasteiger partial charge in [0.25, 0.3) is 5.91 Å². The molecule has 0 aromatic carbocycles. The number of anilines is 1. The minimum Gasteiger partial charge on any atom is -0.388 e. The summed E-state index contributed by atoms with van der Waals surface area (Å²) >= 11 is 6.38. The maximum absolute atomic E-state index is 12.8. The third-order valence-corrected chi connectivity index (χ3v) is 4.14. The highest BCUT2D eigenvalue weighted by atomic mass is 35.5. The summed E-state index contributed by atoms with van der Waals surface area (Å²) in [5, 5.41) is 11.1. The molecule has 1 heterocycles. The largest absolute Gasteiger partial charge is 0.418 e. The van der Waals surface area contributed by atoms with E-state index in [9.17, 15) is 23.1 Å². The SMILES string of the molecule is C=C(S/C(=C\C)C(=O)Nc1cc(C(F)(F)F)c(Cl)cn1)C(C)O. The van der Waals surface area contributed by atoms with Crippen LogP contribution in [0.5, 0.6) is 0 Å². The van der Waals surface area contributed by atoms with E-state index in [1.165, 1.54) is 13.0 Å². The van der Waals surface area contributed by atoms with Crippen LogP contribution in [0.2, 0.25) is 5.02 Å². The first-order valence-corrected chi connectivity index (χ1v) is 7.50. The molecule has 0 radical (unpaired) electrons. The second-order valence-electron chi connectivity index (χ2n) is 4.40. The van der Waals surface area contributed by atoms with Gasteiger partial charge in [0.2, 0.25) is 0 Å². The van der Waals surface area contributed by atoms with Gasteiger partial charge in [-0.05, 0) is 19.9 Å². The highest BCUT2D eigenvalue weighted by molar-refractivity contribution is 8.07. The number of amides is 1. The lowest BCUT2D eigenvalue weighted by atomic mass is 10.2. The average Bonchev–Trinajstić information content (AvgIpc) is 2.44. The molecule has 0 aliphatic rings. The standard InChI is InChI=1S/C14H14ClF3N2O2S/c1-4-11(23-8(3)7(2)21)13(22)20-12-5-9(14(16,17)18)10(15)6-19-12/h4-7,21H,3H2,1-2H3,(H,19,20,22)/b11-4-. The summed E-state index contributed by atoms with van der Waals surface area (Å²) < 4.78 is 38.3. The molecule has 0 bridgehead atoms. The number of rotatable bonds is 5. The van der Waals surface area contributed by atoms with Crippen molar-refractivity contribution >= 4 is 35.1 Å². The lowest BCUT2D eigenvalue weighted by molar-refractivity contribution is -0.137. The number of nitrogens with zero attached hydrogens (tertiary/aromatic N) is 1. The second-order valence-corrected chi connectivity index (χ2v) is 5.97. The van der Waals surface area contributed by atoms with Crippen LogP contribution in [0.1, 0.15) is 19.4 Å². The summed E-state index contributed by atoms with van der Waals surface area (Å²) in [4.78, 5) is 16.2. The molecule has 0 spiro atoms. The molecule has 23 heavy (non-hydrogen) atoms. The van der Waals surface area contributed by atoms with Gasteiger partial charge in [-0.3, -0.25) is 4.79 Å². The molecule has 1 aromatic rings. The maximum Gasteiger partial charge on any atom is 0.418 e. The molecule has 1 aromatic heterocycles. The molecule has 0 fully saturated rings. The zero-order valence-corrected chi connectivity index (χ0v) is 13.8. The molecular formula is C14H14ClF3N2O2S. The predicted molar refractivity (Wildman–Crippen MR) is 85.0 cm³/mol. The molecular weight excluding hydrogens is 353 g/mol. The number of hydrogen-bond acceptors (Lipinski definition) is 4. The van der Waals surface area contributed by atoms with E-state index in [-0.39, 0.29) is 10.7 Å². The molecule has 4 nitrogen and oxygen atoms in total. The van der Waals surface area contributed by atoms with E-state index in [4.69, 9.17) is 11.6 Å². The first kappa shape index (κ1) is 19.5. The minimum absolute atomic E-state index is 0.168. The summed E-state index contributed by atoms with van der Waals surface area (Å²) in [6.07, 6.45) is -3.22. The Bertz CT molecular complexity index is 645. The van der Waals surface area contributed by atoms with Crippen molar-refractivity contribution in [1.29, 1.82) is 0 Å². The minimum atomic E-state index is -4.65. The quantitative estimate of drug-likeness (QED) is 0.766. The van der Waals surface area contributed by atoms with Crippen LogP contribution < -0.4 is 5.32 Å². The number of carbonyl (C=O) groups is 1. The summed E-state index contributed by atoms with van der Waals surface area (Å²) in [5.41, 5.74) is -1.09. The number of hydrogen-bond donors (Lipinski definition) is 2. The fraction of sp³-hybridized carbons (Fsp3) is 0.286. The van der Waals surface area contributed by atoms with Crippen LogP contribution in [-0.4, -0.2) is 22.1 Å². The van der Waals surface area contributed by atoms with Gasteiger partial charge in [0, 0.05) is 11.1 Å². The number of carbonyl (C=O) groups excluding carboxylic acids is 1. The molecule has 0 saturated heterocycles. The number of aliphatic hydroxyl groups excluding tert-OH is 1. The molecule has 2 N–H and O–H groups in total. The molecule has 1 atom stereocenters. The summed E-state index contributed by atoms with van der Waals surface area (Å²) in [7, 11) is 0. The number of allylic oxidation sites excluding steroid dienone is 1. The molecule has 1 amide bonds. The number of alkyl halides is 3.